The predicted octanol–water partition coefficient (Wildman–Crippen LogP) is 1.63. The van der Waals surface area contributed by atoms with Crippen LogP contribution in [0.1, 0.15) is 37.6 Å². The molecule has 18 heavy (non-hydrogen) atoms. The van der Waals surface area contributed by atoms with Crippen LogP contribution >= 0.6 is 0 Å². The van der Waals surface area contributed by atoms with Crippen LogP contribution in [-0.4, -0.2) is 15.8 Å². The van der Waals surface area contributed by atoms with Gasteiger partial charge >= 0.3 is 0 Å². The van der Waals surface area contributed by atoms with E-state index in [2.05, 4.69) is 35.1 Å². The van der Waals surface area contributed by atoms with E-state index < -0.39 is 0 Å². The van der Waals surface area contributed by atoms with Crippen LogP contribution in [0.2, 0.25) is 0 Å². The summed E-state index contributed by atoms with van der Waals surface area (Å²) in [5, 5.41) is 4.51. The zero-order valence-corrected chi connectivity index (χ0v) is 11.4. The lowest BCUT2D eigenvalue weighted by atomic mass is 9.91. The number of nitrogens with two attached hydrogens (primary N) is 1. The number of hydrazine groups is 1. The summed E-state index contributed by atoms with van der Waals surface area (Å²) < 4.78 is 2.11. The Morgan fingerprint density at radius 3 is 2.78 bits per heavy atom. The highest BCUT2D eigenvalue weighted by molar-refractivity contribution is 5.12. The van der Waals surface area contributed by atoms with Crippen molar-refractivity contribution in [2.24, 2.45) is 23.6 Å². The monoisotopic (exact) mass is 248 g/mol. The van der Waals surface area contributed by atoms with Crippen LogP contribution in [0.3, 0.4) is 0 Å². The van der Waals surface area contributed by atoms with E-state index in [1.807, 2.05) is 0 Å². The maximum atomic E-state index is 5.78. The van der Waals surface area contributed by atoms with Gasteiger partial charge in [0.2, 0.25) is 0 Å². The summed E-state index contributed by atoms with van der Waals surface area (Å²) in [5.74, 6) is 8.58. The fourth-order valence-corrected chi connectivity index (χ4v) is 3.71. The third-order valence-electron chi connectivity index (χ3n) is 4.78. The molecule has 3 atom stereocenters. The van der Waals surface area contributed by atoms with Crippen LogP contribution in [0.5, 0.6) is 0 Å². The second-order valence-electron chi connectivity index (χ2n) is 6.06. The van der Waals surface area contributed by atoms with Gasteiger partial charge in [-0.3, -0.25) is 16.0 Å². The summed E-state index contributed by atoms with van der Waals surface area (Å²) in [4.78, 5) is 0. The molecule has 2 aliphatic rings. The Balaban J connectivity index is 1.68. The fourth-order valence-electron chi connectivity index (χ4n) is 3.71. The van der Waals surface area contributed by atoms with E-state index in [1.165, 1.54) is 25.0 Å². The third-order valence-corrected chi connectivity index (χ3v) is 4.78. The molecular formula is C14H24N4. The van der Waals surface area contributed by atoms with Gasteiger partial charge in [0.15, 0.2) is 0 Å². The molecule has 0 saturated heterocycles. The summed E-state index contributed by atoms with van der Waals surface area (Å²) in [5.41, 5.74) is 5.48. The average Bonchev–Trinajstić information content (AvgIpc) is 2.82. The maximum Gasteiger partial charge on any atom is 0.0596 e. The van der Waals surface area contributed by atoms with Gasteiger partial charge < -0.3 is 0 Å². The Morgan fingerprint density at radius 2 is 2.17 bits per heavy atom. The van der Waals surface area contributed by atoms with Gasteiger partial charge in [-0.1, -0.05) is 0 Å². The Morgan fingerprint density at radius 1 is 1.44 bits per heavy atom. The fraction of sp³-hybridized carbons (Fsp3) is 0.786. The second-order valence-corrected chi connectivity index (χ2v) is 6.06. The van der Waals surface area contributed by atoms with Crippen LogP contribution in [0.4, 0.5) is 0 Å². The van der Waals surface area contributed by atoms with E-state index in [0.29, 0.717) is 6.04 Å². The maximum absolute atomic E-state index is 5.78. The number of nitrogens with zero attached hydrogens (tertiary/aromatic N) is 2. The molecule has 0 bridgehead atoms. The highest BCUT2D eigenvalue weighted by Crippen LogP contribution is 2.55. The van der Waals surface area contributed by atoms with E-state index in [-0.39, 0.29) is 0 Å². The van der Waals surface area contributed by atoms with Crippen LogP contribution in [0.25, 0.3) is 0 Å². The zero-order valence-electron chi connectivity index (χ0n) is 11.4. The van der Waals surface area contributed by atoms with Crippen LogP contribution in [0, 0.1) is 24.7 Å². The largest absolute Gasteiger partial charge is 0.271 e. The Labute approximate surface area is 109 Å². The molecule has 1 heterocycles. The standard InChI is InChI=1S/C14H24N4/c1-3-18-13(4-9(2)17-18)8-14(16-15)12-6-10-5-11(10)7-12/h4,10-12,14,16H,3,5-8,15H2,1-2H3. The smallest absolute Gasteiger partial charge is 0.0596 e. The molecule has 3 N–H and O–H groups in total. The number of aromatic nitrogens is 2. The number of aryl methyl sites for hydroxylation is 2. The Bertz CT molecular complexity index is 415. The summed E-state index contributed by atoms with van der Waals surface area (Å²) in [6, 6.07) is 2.61. The third kappa shape index (κ3) is 2.19. The van der Waals surface area contributed by atoms with Crippen molar-refractivity contribution in [2.75, 3.05) is 0 Å². The van der Waals surface area contributed by atoms with Crippen molar-refractivity contribution in [3.8, 4) is 0 Å². The van der Waals surface area contributed by atoms with Gasteiger partial charge in [-0.15, -0.1) is 0 Å². The first kappa shape index (κ1) is 12.2. The lowest BCUT2D eigenvalue weighted by Gasteiger charge is -2.24. The predicted molar refractivity (Wildman–Crippen MR) is 71.8 cm³/mol. The highest BCUT2D eigenvalue weighted by Gasteiger charge is 2.47. The molecule has 0 spiro atoms. The van der Waals surface area contributed by atoms with E-state index >= 15 is 0 Å². The molecule has 1 aromatic rings. The summed E-state index contributed by atoms with van der Waals surface area (Å²) >= 11 is 0. The molecule has 100 valence electrons. The van der Waals surface area contributed by atoms with E-state index in [9.17, 15) is 0 Å². The van der Waals surface area contributed by atoms with E-state index in [1.54, 1.807) is 0 Å². The molecule has 0 amide bonds. The minimum atomic E-state index is 0.416. The summed E-state index contributed by atoms with van der Waals surface area (Å²) in [6.07, 6.45) is 5.23. The van der Waals surface area contributed by atoms with Gasteiger partial charge in [0, 0.05) is 24.7 Å². The molecule has 3 unspecified atom stereocenters. The first-order valence-corrected chi connectivity index (χ1v) is 7.20. The lowest BCUT2D eigenvalue weighted by molar-refractivity contribution is 0.330. The van der Waals surface area contributed by atoms with E-state index in [4.69, 9.17) is 5.84 Å². The molecule has 4 nitrogen and oxygen atoms in total. The first-order valence-electron chi connectivity index (χ1n) is 7.20. The van der Waals surface area contributed by atoms with Gasteiger partial charge in [0.25, 0.3) is 0 Å². The van der Waals surface area contributed by atoms with Crippen LogP contribution in [-0.2, 0) is 13.0 Å². The average molecular weight is 248 g/mol. The van der Waals surface area contributed by atoms with Crippen molar-refractivity contribution in [2.45, 2.75) is 52.1 Å². The molecule has 3 rings (SSSR count). The topological polar surface area (TPSA) is 55.9 Å². The van der Waals surface area contributed by atoms with Gasteiger partial charge in [0.1, 0.15) is 0 Å². The van der Waals surface area contributed by atoms with E-state index in [0.717, 1.165) is 36.4 Å². The van der Waals surface area contributed by atoms with Crippen LogP contribution in [0.15, 0.2) is 6.07 Å². The minimum Gasteiger partial charge on any atom is -0.271 e. The highest BCUT2D eigenvalue weighted by atomic mass is 15.3. The van der Waals surface area contributed by atoms with Gasteiger partial charge in [0.05, 0.1) is 5.69 Å². The molecule has 1 aromatic heterocycles. The summed E-state index contributed by atoms with van der Waals surface area (Å²) in [6.45, 7) is 5.15. The molecule has 2 aliphatic carbocycles. The minimum absolute atomic E-state index is 0.416. The lowest BCUT2D eigenvalue weighted by Crippen LogP contribution is -2.42. The quantitative estimate of drug-likeness (QED) is 0.615. The molecule has 2 saturated carbocycles. The first-order chi connectivity index (χ1) is 8.71. The molecule has 0 aromatic carbocycles. The van der Waals surface area contributed by atoms with Crippen LogP contribution < -0.4 is 11.3 Å². The normalized spacial score (nSPS) is 31.4. The second kappa shape index (κ2) is 4.67. The molecule has 0 radical (unpaired) electrons. The zero-order chi connectivity index (χ0) is 12.7. The van der Waals surface area contributed by atoms with Crippen molar-refractivity contribution >= 4 is 0 Å². The SMILES string of the molecule is CCn1nc(C)cc1CC(NN)C1CC2CC2C1. The molecule has 2 fully saturated rings. The van der Waals surface area contributed by atoms with Crippen molar-refractivity contribution in [1.82, 2.24) is 15.2 Å². The van der Waals surface area contributed by atoms with Crippen molar-refractivity contribution < 1.29 is 0 Å². The Hall–Kier alpha value is -0.870. The molecular weight excluding hydrogens is 224 g/mol. The van der Waals surface area contributed by atoms with Gasteiger partial charge in [-0.25, -0.2) is 0 Å². The van der Waals surface area contributed by atoms with Gasteiger partial charge in [-0.2, -0.15) is 5.10 Å². The molecule has 0 aliphatic heterocycles. The van der Waals surface area contributed by atoms with Crippen molar-refractivity contribution in [3.05, 3.63) is 17.5 Å². The van der Waals surface area contributed by atoms with Gasteiger partial charge in [-0.05, 0) is 56.9 Å². The number of fused-ring (bicyclic) bond motifs is 1. The number of nitrogens with one attached hydrogen (secondary N) is 1. The van der Waals surface area contributed by atoms with Crippen molar-refractivity contribution in [1.29, 1.82) is 0 Å². The van der Waals surface area contributed by atoms with Crippen molar-refractivity contribution in [3.63, 3.8) is 0 Å². The number of hydrogen-bond acceptors (Lipinski definition) is 3. The summed E-state index contributed by atoms with van der Waals surface area (Å²) in [7, 11) is 0. The number of hydrogen-bond donors (Lipinski definition) is 2. The Kier molecular flexibility index (Phi) is 3.16. The molecule has 4 heteroatoms. The number of rotatable bonds is 5.